The molecule has 0 bridgehead atoms. The molecule has 1 aliphatic carbocycles. The lowest BCUT2D eigenvalue weighted by atomic mass is 9.75. The van der Waals surface area contributed by atoms with Gasteiger partial charge in [0.2, 0.25) is 0 Å². The molecule has 0 aliphatic heterocycles. The Hall–Kier alpha value is -1.65. The summed E-state index contributed by atoms with van der Waals surface area (Å²) in [6, 6.07) is 4.83. The number of nitrogen functional groups attached to an aromatic ring is 2. The number of nitrogens with two attached hydrogens (primary N) is 2. The van der Waals surface area contributed by atoms with Crippen molar-refractivity contribution in [3.05, 3.63) is 23.8 Å². The van der Waals surface area contributed by atoms with E-state index in [1.165, 1.54) is 0 Å². The molecular formula is C13H19BN2O2. The fourth-order valence-corrected chi connectivity index (χ4v) is 2.36. The van der Waals surface area contributed by atoms with Crippen LogP contribution in [0.25, 0.3) is 0 Å². The van der Waals surface area contributed by atoms with Gasteiger partial charge in [-0.2, -0.15) is 0 Å². The Morgan fingerprint density at radius 1 is 1.11 bits per heavy atom. The molecule has 0 spiro atoms. The first-order valence-electron chi connectivity index (χ1n) is 6.41. The molecule has 2 rings (SSSR count). The van der Waals surface area contributed by atoms with E-state index >= 15 is 0 Å². The fraction of sp³-hybridized carbons (Fsp3) is 0.462. The molecule has 1 aliphatic rings. The second-order valence-electron chi connectivity index (χ2n) is 5.18. The number of carbonyl (C=O) groups excluding carboxylic acids is 1. The highest BCUT2D eigenvalue weighted by atomic mass is 16.5. The van der Waals surface area contributed by atoms with Gasteiger partial charge in [-0.15, -0.1) is 0 Å². The molecule has 1 aromatic carbocycles. The second-order valence-corrected chi connectivity index (χ2v) is 5.18. The maximum absolute atomic E-state index is 12.0. The topological polar surface area (TPSA) is 78.3 Å². The molecule has 1 saturated carbocycles. The molecule has 1 aromatic rings. The second kappa shape index (κ2) is 5.33. The van der Waals surface area contributed by atoms with Crippen LogP contribution in [0.3, 0.4) is 0 Å². The van der Waals surface area contributed by atoms with E-state index in [2.05, 4.69) is 7.85 Å². The van der Waals surface area contributed by atoms with Crippen molar-refractivity contribution in [2.75, 3.05) is 11.5 Å². The maximum Gasteiger partial charge on any atom is 0.338 e. The monoisotopic (exact) mass is 246 g/mol. The van der Waals surface area contributed by atoms with E-state index in [1.54, 1.807) is 18.2 Å². The quantitative estimate of drug-likeness (QED) is 0.469. The third-order valence-electron chi connectivity index (χ3n) is 3.45. The van der Waals surface area contributed by atoms with Gasteiger partial charge in [-0.25, -0.2) is 4.79 Å². The Kier molecular flexibility index (Phi) is 3.79. The van der Waals surface area contributed by atoms with Crippen LogP contribution in [0.1, 0.15) is 36.0 Å². The Morgan fingerprint density at radius 3 is 2.22 bits per heavy atom. The van der Waals surface area contributed by atoms with E-state index in [9.17, 15) is 4.79 Å². The van der Waals surface area contributed by atoms with E-state index in [-0.39, 0.29) is 12.1 Å². The number of carbonyl (C=O) groups is 1. The predicted octanol–water partition coefficient (Wildman–Crippen LogP) is 1.37. The zero-order valence-electron chi connectivity index (χ0n) is 10.7. The largest absolute Gasteiger partial charge is 0.459 e. The Bertz CT molecular complexity index is 422. The average Bonchev–Trinajstić information content (AvgIpc) is 2.31. The van der Waals surface area contributed by atoms with Gasteiger partial charge in [0.05, 0.1) is 5.56 Å². The van der Waals surface area contributed by atoms with Gasteiger partial charge in [-0.05, 0) is 31.0 Å². The van der Waals surface area contributed by atoms with Crippen molar-refractivity contribution in [2.45, 2.75) is 37.6 Å². The Balaban J connectivity index is 1.99. The van der Waals surface area contributed by atoms with Gasteiger partial charge in [0, 0.05) is 11.4 Å². The van der Waals surface area contributed by atoms with Gasteiger partial charge in [0.1, 0.15) is 14.0 Å². The number of anilines is 2. The van der Waals surface area contributed by atoms with Crippen LogP contribution in [-0.2, 0) is 4.74 Å². The minimum Gasteiger partial charge on any atom is -0.459 e. The van der Waals surface area contributed by atoms with Crippen LogP contribution in [-0.4, -0.2) is 19.9 Å². The first-order chi connectivity index (χ1) is 8.54. The van der Waals surface area contributed by atoms with E-state index in [0.717, 1.165) is 31.5 Å². The van der Waals surface area contributed by atoms with Crippen LogP contribution >= 0.6 is 0 Å². The Morgan fingerprint density at radius 2 is 1.67 bits per heavy atom. The van der Waals surface area contributed by atoms with Crippen LogP contribution in [0.15, 0.2) is 18.2 Å². The average molecular weight is 246 g/mol. The SMILES string of the molecule is BC1CCC(OC(=O)c2cc(N)cc(N)c2)CC1. The summed E-state index contributed by atoms with van der Waals surface area (Å²) in [7, 11) is 2.23. The number of hydrogen-bond acceptors (Lipinski definition) is 4. The fourth-order valence-electron chi connectivity index (χ4n) is 2.36. The molecule has 1 fully saturated rings. The molecule has 0 aromatic heterocycles. The zero-order valence-corrected chi connectivity index (χ0v) is 10.7. The highest BCUT2D eigenvalue weighted by Gasteiger charge is 2.22. The van der Waals surface area contributed by atoms with Gasteiger partial charge in [0.25, 0.3) is 0 Å². The number of esters is 1. The summed E-state index contributed by atoms with van der Waals surface area (Å²) in [5, 5.41) is 0. The van der Waals surface area contributed by atoms with Gasteiger partial charge in [-0.1, -0.05) is 18.7 Å². The normalized spacial score (nSPS) is 23.6. The van der Waals surface area contributed by atoms with Crippen LogP contribution < -0.4 is 11.5 Å². The zero-order chi connectivity index (χ0) is 13.1. The summed E-state index contributed by atoms with van der Waals surface area (Å²) >= 11 is 0. The van der Waals surface area contributed by atoms with E-state index in [4.69, 9.17) is 16.2 Å². The van der Waals surface area contributed by atoms with Crippen LogP contribution in [0.5, 0.6) is 0 Å². The number of benzene rings is 1. The lowest BCUT2D eigenvalue weighted by molar-refractivity contribution is 0.0212. The smallest absolute Gasteiger partial charge is 0.338 e. The van der Waals surface area contributed by atoms with Crippen LogP contribution in [0.2, 0.25) is 5.82 Å². The van der Waals surface area contributed by atoms with Crippen molar-refractivity contribution < 1.29 is 9.53 Å². The third-order valence-corrected chi connectivity index (χ3v) is 3.45. The van der Waals surface area contributed by atoms with Crippen molar-refractivity contribution in [3.63, 3.8) is 0 Å². The van der Waals surface area contributed by atoms with Gasteiger partial charge < -0.3 is 16.2 Å². The molecule has 96 valence electrons. The first kappa shape index (κ1) is 12.8. The van der Waals surface area contributed by atoms with Crippen LogP contribution in [0.4, 0.5) is 11.4 Å². The number of ether oxygens (including phenoxy) is 1. The first-order valence-corrected chi connectivity index (χ1v) is 6.41. The summed E-state index contributed by atoms with van der Waals surface area (Å²) in [6.45, 7) is 0. The molecule has 0 radical (unpaired) electrons. The van der Waals surface area contributed by atoms with Crippen molar-refractivity contribution in [2.24, 2.45) is 0 Å². The molecule has 0 saturated heterocycles. The van der Waals surface area contributed by atoms with Crippen LogP contribution in [0, 0.1) is 0 Å². The van der Waals surface area contributed by atoms with E-state index < -0.39 is 0 Å². The van der Waals surface area contributed by atoms with E-state index in [0.29, 0.717) is 16.9 Å². The molecule has 4 nitrogen and oxygen atoms in total. The molecular weight excluding hydrogens is 227 g/mol. The van der Waals surface area contributed by atoms with Crippen molar-refractivity contribution in [3.8, 4) is 0 Å². The molecule has 5 heteroatoms. The highest BCUT2D eigenvalue weighted by molar-refractivity contribution is 6.11. The summed E-state index contributed by atoms with van der Waals surface area (Å²) in [5.74, 6) is 0.413. The lowest BCUT2D eigenvalue weighted by Crippen LogP contribution is -2.23. The van der Waals surface area contributed by atoms with E-state index in [1.807, 2.05) is 0 Å². The summed E-state index contributed by atoms with van der Waals surface area (Å²) in [4.78, 5) is 12.0. The van der Waals surface area contributed by atoms with Crippen molar-refractivity contribution >= 4 is 25.2 Å². The van der Waals surface area contributed by atoms with Crippen molar-refractivity contribution in [1.82, 2.24) is 0 Å². The highest BCUT2D eigenvalue weighted by Crippen LogP contribution is 2.28. The molecule has 4 N–H and O–H groups in total. The maximum atomic E-state index is 12.0. The number of hydrogen-bond donors (Lipinski definition) is 2. The molecule has 0 atom stereocenters. The van der Waals surface area contributed by atoms with Crippen molar-refractivity contribution in [1.29, 1.82) is 0 Å². The number of rotatable bonds is 2. The summed E-state index contributed by atoms with van der Waals surface area (Å²) in [5.41, 5.74) is 12.7. The summed E-state index contributed by atoms with van der Waals surface area (Å²) < 4.78 is 5.49. The van der Waals surface area contributed by atoms with Gasteiger partial charge in [0.15, 0.2) is 0 Å². The van der Waals surface area contributed by atoms with Gasteiger partial charge >= 0.3 is 5.97 Å². The minimum absolute atomic E-state index is 0.0383. The standard InChI is InChI=1S/C13H19BN2O2/c14-9-1-3-12(4-2-9)18-13(17)8-5-10(15)7-11(16)6-8/h5-7,9,12H,1-4,14-16H2. The summed E-state index contributed by atoms with van der Waals surface area (Å²) in [6.07, 6.45) is 4.18. The minimum atomic E-state index is -0.325. The Labute approximate surface area is 108 Å². The molecule has 0 amide bonds. The molecule has 0 heterocycles. The lowest BCUT2D eigenvalue weighted by Gasteiger charge is -2.26. The molecule has 0 unspecified atom stereocenters. The predicted molar refractivity (Wildman–Crippen MR) is 75.2 cm³/mol. The van der Waals surface area contributed by atoms with Gasteiger partial charge in [-0.3, -0.25) is 0 Å². The molecule has 18 heavy (non-hydrogen) atoms. The third kappa shape index (κ3) is 3.18.